The van der Waals surface area contributed by atoms with Crippen molar-refractivity contribution >= 4 is 29.1 Å². The highest BCUT2D eigenvalue weighted by atomic mass is 32.1. The fraction of sp³-hybridized carbons (Fsp3) is 0.556. The van der Waals surface area contributed by atoms with Gasteiger partial charge in [-0.15, -0.1) is 11.3 Å². The Balaban J connectivity index is 1.80. The number of benzene rings is 1. The number of carbonyl (C=O) groups is 3. The molecule has 9 heteroatoms. The SMILES string of the molecule is CCc1cc(-c2scnc2C)ccc1[C@H](C)NC(=O)[C@@H]1C[C@@H](O)CN1C(=O)[C@@H](NC(C)=O)C(C)(C)C. The van der Waals surface area contributed by atoms with Crippen molar-refractivity contribution in [3.05, 3.63) is 40.5 Å². The number of rotatable bonds is 7. The number of likely N-dealkylation sites (tertiary alicyclic amines) is 1. The van der Waals surface area contributed by atoms with Crippen LogP contribution in [0.3, 0.4) is 0 Å². The Labute approximate surface area is 217 Å². The fourth-order valence-electron chi connectivity index (χ4n) is 4.77. The maximum atomic E-state index is 13.4. The monoisotopic (exact) mass is 514 g/mol. The minimum Gasteiger partial charge on any atom is -0.391 e. The highest BCUT2D eigenvalue weighted by Gasteiger charge is 2.44. The molecular weight excluding hydrogens is 476 g/mol. The average molecular weight is 515 g/mol. The summed E-state index contributed by atoms with van der Waals surface area (Å²) in [6.07, 6.45) is 0.162. The quantitative estimate of drug-likeness (QED) is 0.525. The van der Waals surface area contributed by atoms with Gasteiger partial charge in [0.15, 0.2) is 0 Å². The molecule has 196 valence electrons. The second-order valence-corrected chi connectivity index (χ2v) is 11.5. The summed E-state index contributed by atoms with van der Waals surface area (Å²) in [5, 5.41) is 16.1. The van der Waals surface area contributed by atoms with E-state index in [1.54, 1.807) is 11.3 Å². The average Bonchev–Trinajstić information content (AvgIpc) is 3.41. The molecule has 1 aromatic carbocycles. The van der Waals surface area contributed by atoms with E-state index in [0.29, 0.717) is 0 Å². The zero-order chi connectivity index (χ0) is 26.8. The standard InChI is InChI=1S/C27H38N4O4S/c1-8-18-11-19(23-16(3)28-14-36-23)9-10-21(18)15(2)29-25(34)22-12-20(33)13-31(22)26(35)24(27(5,6)7)30-17(4)32/h9-11,14-15,20,22,24,33H,8,12-13H2,1-7H3,(H,29,34)(H,30,32)/t15-,20+,22-,24+/m0/s1. The molecule has 2 heterocycles. The third-order valence-electron chi connectivity index (χ3n) is 6.68. The predicted octanol–water partition coefficient (Wildman–Crippen LogP) is 3.37. The van der Waals surface area contributed by atoms with Crippen LogP contribution in [0.25, 0.3) is 10.4 Å². The molecule has 0 saturated carbocycles. The number of β-amino-alcohol motifs (C(OH)–C–C–N with tert-alkyl or cyclic N) is 1. The first-order valence-electron chi connectivity index (χ1n) is 12.4. The summed E-state index contributed by atoms with van der Waals surface area (Å²) in [7, 11) is 0. The van der Waals surface area contributed by atoms with E-state index < -0.39 is 23.6 Å². The van der Waals surface area contributed by atoms with E-state index in [2.05, 4.69) is 28.6 Å². The van der Waals surface area contributed by atoms with E-state index in [0.717, 1.165) is 33.7 Å². The topological polar surface area (TPSA) is 112 Å². The Morgan fingerprint density at radius 2 is 1.94 bits per heavy atom. The fourth-order valence-corrected chi connectivity index (χ4v) is 5.57. The van der Waals surface area contributed by atoms with Gasteiger partial charge in [-0.1, -0.05) is 39.8 Å². The number of aliphatic hydroxyl groups is 1. The molecule has 8 nitrogen and oxygen atoms in total. The molecule has 36 heavy (non-hydrogen) atoms. The van der Waals surface area contributed by atoms with Gasteiger partial charge in [0.1, 0.15) is 12.1 Å². The van der Waals surface area contributed by atoms with Gasteiger partial charge in [0.05, 0.1) is 28.2 Å². The summed E-state index contributed by atoms with van der Waals surface area (Å²) >= 11 is 1.61. The number of hydrogen-bond acceptors (Lipinski definition) is 6. The zero-order valence-electron chi connectivity index (χ0n) is 22.2. The van der Waals surface area contributed by atoms with E-state index in [1.165, 1.54) is 11.8 Å². The van der Waals surface area contributed by atoms with Gasteiger partial charge in [-0.25, -0.2) is 4.98 Å². The van der Waals surface area contributed by atoms with Crippen molar-refractivity contribution in [1.29, 1.82) is 0 Å². The van der Waals surface area contributed by atoms with Crippen LogP contribution in [0.5, 0.6) is 0 Å². The van der Waals surface area contributed by atoms with Gasteiger partial charge >= 0.3 is 0 Å². The molecule has 3 N–H and O–H groups in total. The Hall–Kier alpha value is -2.78. The Morgan fingerprint density at radius 1 is 1.25 bits per heavy atom. The van der Waals surface area contributed by atoms with Crippen LogP contribution in [0, 0.1) is 12.3 Å². The van der Waals surface area contributed by atoms with Crippen LogP contribution >= 0.6 is 11.3 Å². The van der Waals surface area contributed by atoms with E-state index in [9.17, 15) is 19.5 Å². The van der Waals surface area contributed by atoms with Crippen LogP contribution < -0.4 is 10.6 Å². The van der Waals surface area contributed by atoms with Crippen LogP contribution in [0.15, 0.2) is 23.7 Å². The summed E-state index contributed by atoms with van der Waals surface area (Å²) in [5.74, 6) is -0.991. The van der Waals surface area contributed by atoms with Gasteiger partial charge in [0.2, 0.25) is 17.7 Å². The number of thiazole rings is 1. The van der Waals surface area contributed by atoms with Crippen molar-refractivity contribution in [1.82, 2.24) is 20.5 Å². The zero-order valence-corrected chi connectivity index (χ0v) is 23.0. The van der Waals surface area contributed by atoms with E-state index >= 15 is 0 Å². The number of nitrogens with zero attached hydrogens (tertiary/aromatic N) is 2. The molecule has 0 bridgehead atoms. The van der Waals surface area contributed by atoms with Crippen molar-refractivity contribution in [2.75, 3.05) is 6.54 Å². The molecule has 0 unspecified atom stereocenters. The minimum atomic E-state index is -0.808. The second-order valence-electron chi connectivity index (χ2n) is 10.7. The molecule has 1 aliphatic rings. The molecule has 3 amide bonds. The lowest BCUT2D eigenvalue weighted by molar-refractivity contribution is -0.144. The third-order valence-corrected chi connectivity index (χ3v) is 7.66. The van der Waals surface area contributed by atoms with Crippen LogP contribution in [0.2, 0.25) is 0 Å². The Morgan fingerprint density at radius 3 is 2.50 bits per heavy atom. The smallest absolute Gasteiger partial charge is 0.246 e. The molecule has 1 aromatic heterocycles. The first-order valence-corrected chi connectivity index (χ1v) is 13.3. The molecule has 3 rings (SSSR count). The first kappa shape index (κ1) is 27.8. The van der Waals surface area contributed by atoms with E-state index in [-0.39, 0.29) is 36.7 Å². The van der Waals surface area contributed by atoms with Gasteiger partial charge in [-0.05, 0) is 48.4 Å². The van der Waals surface area contributed by atoms with Crippen molar-refractivity contribution in [2.45, 2.75) is 85.5 Å². The summed E-state index contributed by atoms with van der Waals surface area (Å²) in [6.45, 7) is 13.0. The second kappa shape index (κ2) is 11.1. The summed E-state index contributed by atoms with van der Waals surface area (Å²) in [4.78, 5) is 45.5. The van der Waals surface area contributed by atoms with Crippen LogP contribution in [0.1, 0.15) is 70.8 Å². The van der Waals surface area contributed by atoms with E-state index in [1.807, 2.05) is 52.3 Å². The highest BCUT2D eigenvalue weighted by molar-refractivity contribution is 7.13. The summed E-state index contributed by atoms with van der Waals surface area (Å²) in [6, 6.07) is 4.34. The Kier molecular flexibility index (Phi) is 8.56. The number of nitrogens with one attached hydrogen (secondary N) is 2. The van der Waals surface area contributed by atoms with Gasteiger partial charge in [0.25, 0.3) is 0 Å². The van der Waals surface area contributed by atoms with Gasteiger partial charge in [0, 0.05) is 19.9 Å². The number of carbonyl (C=O) groups excluding carboxylic acids is 3. The third kappa shape index (κ3) is 6.13. The number of aliphatic hydroxyl groups excluding tert-OH is 1. The molecule has 4 atom stereocenters. The molecular formula is C27H38N4O4S. The highest BCUT2D eigenvalue weighted by Crippen LogP contribution is 2.31. The number of amides is 3. The normalized spacial score (nSPS) is 19.6. The lowest BCUT2D eigenvalue weighted by atomic mass is 9.85. The van der Waals surface area contributed by atoms with Gasteiger partial charge in [-0.2, -0.15) is 0 Å². The lowest BCUT2D eigenvalue weighted by Gasteiger charge is -2.35. The largest absolute Gasteiger partial charge is 0.391 e. The summed E-state index contributed by atoms with van der Waals surface area (Å²) in [5.41, 5.74) is 5.53. The summed E-state index contributed by atoms with van der Waals surface area (Å²) < 4.78 is 0. The maximum absolute atomic E-state index is 13.4. The molecule has 2 aromatic rings. The molecule has 1 aliphatic heterocycles. The number of aromatic nitrogens is 1. The molecule has 0 radical (unpaired) electrons. The molecule has 1 saturated heterocycles. The van der Waals surface area contributed by atoms with Gasteiger partial charge in [-0.3, -0.25) is 14.4 Å². The van der Waals surface area contributed by atoms with Crippen LogP contribution in [0.4, 0.5) is 0 Å². The van der Waals surface area contributed by atoms with Crippen molar-refractivity contribution in [3.8, 4) is 10.4 Å². The van der Waals surface area contributed by atoms with Crippen LogP contribution in [-0.4, -0.2) is 57.4 Å². The van der Waals surface area contributed by atoms with Crippen molar-refractivity contribution in [3.63, 3.8) is 0 Å². The van der Waals surface area contributed by atoms with Gasteiger partial charge < -0.3 is 20.6 Å². The van der Waals surface area contributed by atoms with Crippen molar-refractivity contribution in [2.24, 2.45) is 5.41 Å². The predicted molar refractivity (Wildman–Crippen MR) is 141 cm³/mol. The lowest BCUT2D eigenvalue weighted by Crippen LogP contribution is -2.57. The molecule has 0 aliphatic carbocycles. The molecule has 0 spiro atoms. The Bertz CT molecular complexity index is 1120. The number of hydrogen-bond donors (Lipinski definition) is 3. The first-order chi connectivity index (χ1) is 16.8. The minimum absolute atomic E-state index is 0.0561. The maximum Gasteiger partial charge on any atom is 0.246 e. The number of aryl methyl sites for hydroxylation is 2. The van der Waals surface area contributed by atoms with Crippen LogP contribution in [-0.2, 0) is 20.8 Å². The van der Waals surface area contributed by atoms with Crippen molar-refractivity contribution < 1.29 is 19.5 Å². The molecule has 1 fully saturated rings. The van der Waals surface area contributed by atoms with E-state index in [4.69, 9.17) is 0 Å².